The fourth-order valence-corrected chi connectivity index (χ4v) is 1.01. The summed E-state index contributed by atoms with van der Waals surface area (Å²) in [6.07, 6.45) is 0. The highest BCUT2D eigenvalue weighted by Crippen LogP contribution is 2.22. The van der Waals surface area contributed by atoms with Crippen molar-refractivity contribution in [1.82, 2.24) is 5.43 Å². The summed E-state index contributed by atoms with van der Waals surface area (Å²) in [7, 11) is 0. The zero-order chi connectivity index (χ0) is 13.8. The summed E-state index contributed by atoms with van der Waals surface area (Å²) in [6.45, 7) is 1.03. The van der Waals surface area contributed by atoms with Gasteiger partial charge in [-0.3, -0.25) is 16.0 Å². The molecule has 1 atom stereocenters. The van der Waals surface area contributed by atoms with E-state index in [1.165, 1.54) is 0 Å². The molecule has 1 unspecified atom stereocenters. The van der Waals surface area contributed by atoms with Crippen molar-refractivity contribution in [1.29, 1.82) is 0 Å². The van der Waals surface area contributed by atoms with E-state index in [-0.39, 0.29) is 5.96 Å². The van der Waals surface area contributed by atoms with E-state index in [2.05, 4.69) is 30.4 Å². The molecule has 0 aromatic rings. The van der Waals surface area contributed by atoms with Crippen molar-refractivity contribution in [2.45, 2.75) is 18.8 Å². The minimum atomic E-state index is -1.92. The van der Waals surface area contributed by atoms with Crippen molar-refractivity contribution in [3.63, 3.8) is 0 Å². The maximum atomic E-state index is 11.6. The summed E-state index contributed by atoms with van der Waals surface area (Å²) >= 11 is 0. The van der Waals surface area contributed by atoms with Crippen LogP contribution in [0.4, 0.5) is 0 Å². The molecule has 0 amide bonds. The van der Waals surface area contributed by atoms with E-state index < -0.39 is 23.8 Å². The van der Waals surface area contributed by atoms with Crippen LogP contribution in [-0.2, 0) is 14.3 Å². The molecule has 0 aliphatic carbocycles. The zero-order valence-electron chi connectivity index (χ0n) is 9.27. The van der Waals surface area contributed by atoms with Crippen LogP contribution in [0.1, 0.15) is 6.92 Å². The van der Waals surface area contributed by atoms with Crippen LogP contribution in [0.5, 0.6) is 0 Å². The molecule has 12 nitrogen and oxygen atoms in total. The number of rotatable bonds is 3. The first-order chi connectivity index (χ1) is 8.39. The number of carbonyl (C=O) groups excluding carboxylic acids is 2. The van der Waals surface area contributed by atoms with E-state index in [1.807, 2.05) is 5.43 Å². The number of carbonyl (C=O) groups is 2. The van der Waals surface area contributed by atoms with Crippen LogP contribution in [0.15, 0.2) is 25.7 Å². The number of hydrazine groups is 1. The molecule has 1 rings (SSSR count). The third-order valence-corrected chi connectivity index (χ3v) is 1.74. The number of nitrogens with one attached hydrogen (secondary N) is 1. The van der Waals surface area contributed by atoms with Crippen molar-refractivity contribution in [3.05, 3.63) is 0 Å². The normalized spacial score (nSPS) is 18.5. The Hall–Kier alpha value is -2.47. The first kappa shape index (κ1) is 13.6. The lowest BCUT2D eigenvalue weighted by Crippen LogP contribution is -2.52. The summed E-state index contributed by atoms with van der Waals surface area (Å²) < 4.78 is 4.34. The third-order valence-electron chi connectivity index (χ3n) is 1.74. The molecule has 0 saturated heterocycles. The average molecular weight is 257 g/mol. The van der Waals surface area contributed by atoms with Gasteiger partial charge in [0.05, 0.1) is 0 Å². The van der Waals surface area contributed by atoms with Gasteiger partial charge >= 0.3 is 11.9 Å². The van der Waals surface area contributed by atoms with Crippen LogP contribution >= 0.6 is 0 Å². The van der Waals surface area contributed by atoms with Gasteiger partial charge < -0.3 is 10.5 Å². The molecule has 1 heterocycles. The molecule has 1 aliphatic rings. The second kappa shape index (κ2) is 5.24. The lowest BCUT2D eigenvalue weighted by molar-refractivity contribution is -0.159. The Morgan fingerprint density at radius 2 is 1.94 bits per heavy atom. The largest absolute Gasteiger partial charge is 0.392 e. The third kappa shape index (κ3) is 3.02. The molecule has 0 aromatic carbocycles. The first-order valence-electron chi connectivity index (χ1n) is 4.54. The standard InChI is InChI=1S/C6H11N9O3/c1-2(16)18-4(17)3(10-5(7)11-9)6(8)12-14-15-13-6/h3H,8-9H2,1H3,(H3,7,10,11). The molecule has 0 saturated carbocycles. The monoisotopic (exact) mass is 257 g/mol. The van der Waals surface area contributed by atoms with Crippen LogP contribution in [-0.4, -0.2) is 29.7 Å². The number of esters is 2. The number of aliphatic imine (C=N–C) groups is 1. The number of hydrogen-bond donors (Lipinski definition) is 4. The minimum Gasteiger partial charge on any atom is -0.392 e. The Morgan fingerprint density at radius 1 is 1.39 bits per heavy atom. The van der Waals surface area contributed by atoms with Gasteiger partial charge in [-0.1, -0.05) is 0 Å². The number of hydrogen-bond acceptors (Lipinski definition) is 10. The Bertz CT molecular complexity index is 430. The number of ether oxygens (including phenoxy) is 1. The summed E-state index contributed by atoms with van der Waals surface area (Å²) in [5, 5.41) is 13.1. The molecule has 7 N–H and O–H groups in total. The minimum absolute atomic E-state index is 0.331. The molecule has 0 bridgehead atoms. The van der Waals surface area contributed by atoms with Gasteiger partial charge in [-0.05, 0) is 10.4 Å². The topological polar surface area (TPSA) is 195 Å². The van der Waals surface area contributed by atoms with Gasteiger partial charge in [-0.15, -0.1) is 10.2 Å². The van der Waals surface area contributed by atoms with E-state index in [9.17, 15) is 9.59 Å². The number of nitrogens with zero attached hydrogens (tertiary/aromatic N) is 5. The van der Waals surface area contributed by atoms with Crippen molar-refractivity contribution in [2.24, 2.45) is 43.0 Å². The lowest BCUT2D eigenvalue weighted by Gasteiger charge is -2.20. The fourth-order valence-electron chi connectivity index (χ4n) is 1.01. The molecule has 0 spiro atoms. The average Bonchev–Trinajstić information content (AvgIpc) is 2.72. The predicted octanol–water partition coefficient (Wildman–Crippen LogP) is -2.33. The van der Waals surface area contributed by atoms with Crippen LogP contribution in [0.2, 0.25) is 0 Å². The van der Waals surface area contributed by atoms with E-state index in [0.717, 1.165) is 6.92 Å². The van der Waals surface area contributed by atoms with Crippen molar-refractivity contribution < 1.29 is 14.3 Å². The van der Waals surface area contributed by atoms with Gasteiger partial charge in [-0.2, -0.15) is 0 Å². The van der Waals surface area contributed by atoms with Gasteiger partial charge in [-0.25, -0.2) is 15.6 Å². The molecule has 12 heteroatoms. The second-order valence-electron chi connectivity index (χ2n) is 3.14. The van der Waals surface area contributed by atoms with Gasteiger partial charge in [0.25, 0.3) is 5.79 Å². The molecular formula is C6H11N9O3. The molecule has 0 aromatic heterocycles. The zero-order valence-corrected chi connectivity index (χ0v) is 9.27. The fraction of sp³-hybridized carbons (Fsp3) is 0.500. The SMILES string of the molecule is CC(=O)OC(=O)C(N=C(N)NN)C1(N)N=NN=N1. The number of guanidine groups is 1. The van der Waals surface area contributed by atoms with Gasteiger partial charge in [0.15, 0.2) is 0 Å². The van der Waals surface area contributed by atoms with Gasteiger partial charge in [0, 0.05) is 6.92 Å². The highest BCUT2D eigenvalue weighted by molar-refractivity contribution is 5.90. The van der Waals surface area contributed by atoms with Crippen molar-refractivity contribution in [3.8, 4) is 0 Å². The highest BCUT2D eigenvalue weighted by Gasteiger charge is 2.45. The second-order valence-corrected chi connectivity index (χ2v) is 3.14. The van der Waals surface area contributed by atoms with E-state index in [4.69, 9.17) is 17.3 Å². The van der Waals surface area contributed by atoms with E-state index in [1.54, 1.807) is 0 Å². The quantitative estimate of drug-likeness (QED) is 0.108. The summed E-state index contributed by atoms with van der Waals surface area (Å²) in [5.74, 6) is 0.776. The summed E-state index contributed by atoms with van der Waals surface area (Å²) in [6, 6.07) is -1.55. The molecule has 98 valence electrons. The molecule has 0 fully saturated rings. The van der Waals surface area contributed by atoms with Crippen molar-refractivity contribution in [2.75, 3.05) is 0 Å². The maximum Gasteiger partial charge on any atom is 0.344 e. The van der Waals surface area contributed by atoms with Crippen LogP contribution in [0, 0.1) is 0 Å². The lowest BCUT2D eigenvalue weighted by atomic mass is 10.2. The number of nitrogens with two attached hydrogens (primary N) is 3. The Morgan fingerprint density at radius 3 is 2.39 bits per heavy atom. The Labute approximate surface area is 100 Å². The van der Waals surface area contributed by atoms with Gasteiger partial charge in [0.2, 0.25) is 12.0 Å². The summed E-state index contributed by atoms with van der Waals surface area (Å²) in [4.78, 5) is 26.0. The van der Waals surface area contributed by atoms with Gasteiger partial charge in [0.1, 0.15) is 0 Å². The highest BCUT2D eigenvalue weighted by atomic mass is 16.6. The van der Waals surface area contributed by atoms with Crippen molar-refractivity contribution >= 4 is 17.9 Å². The Kier molecular flexibility index (Phi) is 3.96. The van der Waals surface area contributed by atoms with Crippen LogP contribution in [0.25, 0.3) is 0 Å². The van der Waals surface area contributed by atoms with E-state index >= 15 is 0 Å². The summed E-state index contributed by atoms with van der Waals surface area (Å²) in [5.41, 5.74) is 12.9. The smallest absolute Gasteiger partial charge is 0.344 e. The van der Waals surface area contributed by atoms with Crippen LogP contribution in [0.3, 0.4) is 0 Å². The molecular weight excluding hydrogens is 246 g/mol. The first-order valence-corrected chi connectivity index (χ1v) is 4.54. The van der Waals surface area contributed by atoms with Crippen LogP contribution < -0.4 is 22.7 Å². The molecule has 18 heavy (non-hydrogen) atoms. The van der Waals surface area contributed by atoms with E-state index in [0.29, 0.717) is 0 Å². The predicted molar refractivity (Wildman–Crippen MR) is 56.1 cm³/mol. The Balaban J connectivity index is 3.03. The molecule has 0 radical (unpaired) electrons. The molecule has 1 aliphatic heterocycles. The maximum absolute atomic E-state index is 11.6.